The summed E-state index contributed by atoms with van der Waals surface area (Å²) in [5.74, 6) is 0.0885. The Bertz CT molecular complexity index is 1420. The monoisotopic (exact) mass is 605 g/mol. The Kier molecular flexibility index (Phi) is 8.82. The molecule has 1 amide bonds. The molecular formula is C29H37ClFN5O4S. The first kappa shape index (κ1) is 30.9. The SMILES string of the molecule is Cc1cc(-c2nnc(-c3cc(F)c(OCC4C(C)OC(C)(C)N4C(=O)OC(C)(C)C)cc3Cl)s2)cc(NC(C)C)n1. The number of anilines is 1. The average Bonchev–Trinajstić information content (AvgIpc) is 3.39. The minimum atomic E-state index is -0.926. The number of ether oxygens (including phenoxy) is 3. The number of carbonyl (C=O) groups is 1. The van der Waals surface area contributed by atoms with Gasteiger partial charge in [-0.2, -0.15) is 0 Å². The summed E-state index contributed by atoms with van der Waals surface area (Å²) in [6.07, 6.45) is -0.902. The maximum atomic E-state index is 15.3. The zero-order valence-corrected chi connectivity index (χ0v) is 26.4. The maximum Gasteiger partial charge on any atom is 0.413 e. The van der Waals surface area contributed by atoms with E-state index >= 15 is 4.39 Å². The molecule has 2 atom stereocenters. The molecule has 0 aliphatic carbocycles. The van der Waals surface area contributed by atoms with Crippen molar-refractivity contribution in [1.29, 1.82) is 0 Å². The van der Waals surface area contributed by atoms with Gasteiger partial charge in [-0.25, -0.2) is 14.2 Å². The van der Waals surface area contributed by atoms with Crippen LogP contribution < -0.4 is 10.1 Å². The van der Waals surface area contributed by atoms with Crippen LogP contribution >= 0.6 is 22.9 Å². The molecular weight excluding hydrogens is 569 g/mol. The fourth-order valence-corrected chi connectivity index (χ4v) is 5.82. The molecule has 1 fully saturated rings. The Hall–Kier alpha value is -3.02. The molecule has 4 rings (SSSR count). The lowest BCUT2D eigenvalue weighted by Crippen LogP contribution is -2.52. The molecule has 41 heavy (non-hydrogen) atoms. The van der Waals surface area contributed by atoms with Gasteiger partial charge in [0.15, 0.2) is 11.6 Å². The van der Waals surface area contributed by atoms with Gasteiger partial charge >= 0.3 is 6.09 Å². The van der Waals surface area contributed by atoms with E-state index in [4.69, 9.17) is 25.8 Å². The maximum absolute atomic E-state index is 15.3. The van der Waals surface area contributed by atoms with Crippen LogP contribution in [-0.4, -0.2) is 62.3 Å². The lowest BCUT2D eigenvalue weighted by atomic mass is 10.1. The minimum absolute atomic E-state index is 0.0203. The predicted octanol–water partition coefficient (Wildman–Crippen LogP) is 7.33. The van der Waals surface area contributed by atoms with E-state index in [-0.39, 0.29) is 29.5 Å². The summed E-state index contributed by atoms with van der Waals surface area (Å²) in [4.78, 5) is 19.0. The lowest BCUT2D eigenvalue weighted by Gasteiger charge is -2.35. The molecule has 12 heteroatoms. The van der Waals surface area contributed by atoms with Gasteiger partial charge in [-0.15, -0.1) is 10.2 Å². The quantitative estimate of drug-likeness (QED) is 0.299. The Morgan fingerprint density at radius 3 is 2.56 bits per heavy atom. The second-order valence-electron chi connectivity index (χ2n) is 11.9. The molecule has 3 aromatic rings. The van der Waals surface area contributed by atoms with Crippen LogP contribution in [0.3, 0.4) is 0 Å². The number of pyridine rings is 1. The highest BCUT2D eigenvalue weighted by Gasteiger charge is 2.50. The van der Waals surface area contributed by atoms with Crippen LogP contribution in [0.25, 0.3) is 21.1 Å². The molecule has 1 saturated heterocycles. The molecule has 3 heterocycles. The molecule has 1 N–H and O–H groups in total. The number of amides is 1. The summed E-state index contributed by atoms with van der Waals surface area (Å²) in [5, 5.41) is 13.3. The number of hydrogen-bond acceptors (Lipinski definition) is 9. The molecule has 1 aromatic carbocycles. The normalized spacial score (nSPS) is 18.6. The van der Waals surface area contributed by atoms with Crippen LogP contribution in [0, 0.1) is 12.7 Å². The average molecular weight is 606 g/mol. The highest BCUT2D eigenvalue weighted by atomic mass is 35.5. The smallest absolute Gasteiger partial charge is 0.413 e. The molecule has 1 aliphatic heterocycles. The minimum Gasteiger partial charge on any atom is -0.488 e. The first-order chi connectivity index (χ1) is 19.0. The van der Waals surface area contributed by atoms with Gasteiger partial charge in [0.1, 0.15) is 33.8 Å². The highest BCUT2D eigenvalue weighted by Crippen LogP contribution is 2.39. The standard InChI is InChI=1S/C29H37ClFN5O4S/c1-15(2)32-24-11-18(10-16(3)33-24)25-34-35-26(41-25)19-12-21(31)23(13-20(19)30)38-14-22-17(4)39-29(8,9)36(22)27(37)40-28(5,6)7/h10-13,15,17,22H,14H2,1-9H3,(H,32,33). The fraction of sp³-hybridized carbons (Fsp3) is 0.517. The van der Waals surface area contributed by atoms with Gasteiger partial charge in [-0.05, 0) is 80.5 Å². The van der Waals surface area contributed by atoms with Crippen LogP contribution in [0.5, 0.6) is 5.75 Å². The Morgan fingerprint density at radius 1 is 1.22 bits per heavy atom. The molecule has 2 unspecified atom stereocenters. The number of rotatable bonds is 7. The first-order valence-electron chi connectivity index (χ1n) is 13.5. The Morgan fingerprint density at radius 2 is 1.90 bits per heavy atom. The van der Waals surface area contributed by atoms with Crippen molar-refractivity contribution in [1.82, 2.24) is 20.1 Å². The van der Waals surface area contributed by atoms with Crippen molar-refractivity contribution in [2.45, 2.75) is 91.8 Å². The fourth-order valence-electron chi connectivity index (χ4n) is 4.66. The van der Waals surface area contributed by atoms with Crippen molar-refractivity contribution in [3.05, 3.63) is 40.8 Å². The van der Waals surface area contributed by atoms with Gasteiger partial charge in [-0.1, -0.05) is 22.9 Å². The van der Waals surface area contributed by atoms with E-state index in [0.717, 1.165) is 17.1 Å². The summed E-state index contributed by atoms with van der Waals surface area (Å²) in [6, 6.07) is 6.24. The van der Waals surface area contributed by atoms with Crippen molar-refractivity contribution in [3.63, 3.8) is 0 Å². The molecule has 0 spiro atoms. The number of nitrogens with zero attached hydrogens (tertiary/aromatic N) is 4. The van der Waals surface area contributed by atoms with Crippen molar-refractivity contribution in [2.75, 3.05) is 11.9 Å². The van der Waals surface area contributed by atoms with E-state index in [2.05, 4.69) is 20.5 Å². The number of halogens is 2. The zero-order valence-electron chi connectivity index (χ0n) is 24.8. The van der Waals surface area contributed by atoms with Crippen LogP contribution in [0.1, 0.15) is 61.1 Å². The van der Waals surface area contributed by atoms with Gasteiger partial charge < -0.3 is 19.5 Å². The van der Waals surface area contributed by atoms with Crippen molar-refractivity contribution in [3.8, 4) is 26.9 Å². The summed E-state index contributed by atoms with van der Waals surface area (Å²) in [5.41, 5.74) is 0.480. The Labute approximate surface area is 249 Å². The van der Waals surface area contributed by atoms with Gasteiger partial charge in [0.05, 0.1) is 17.2 Å². The second-order valence-corrected chi connectivity index (χ2v) is 13.2. The van der Waals surface area contributed by atoms with E-state index in [1.165, 1.54) is 28.4 Å². The number of hydrogen-bond donors (Lipinski definition) is 1. The van der Waals surface area contributed by atoms with Gasteiger partial charge in [0, 0.05) is 28.9 Å². The highest BCUT2D eigenvalue weighted by molar-refractivity contribution is 7.18. The van der Waals surface area contributed by atoms with Crippen molar-refractivity contribution in [2.24, 2.45) is 0 Å². The third-order valence-corrected chi connectivity index (χ3v) is 7.56. The van der Waals surface area contributed by atoms with E-state index in [9.17, 15) is 4.79 Å². The Balaban J connectivity index is 1.53. The second kappa shape index (κ2) is 11.7. The van der Waals surface area contributed by atoms with Gasteiger partial charge in [0.25, 0.3) is 0 Å². The van der Waals surface area contributed by atoms with E-state index < -0.39 is 29.3 Å². The summed E-state index contributed by atoms with van der Waals surface area (Å²) < 4.78 is 32.8. The molecule has 0 radical (unpaired) electrons. The molecule has 0 bridgehead atoms. The third-order valence-electron chi connectivity index (χ3n) is 6.24. The van der Waals surface area contributed by atoms with Crippen molar-refractivity contribution >= 4 is 34.8 Å². The molecule has 9 nitrogen and oxygen atoms in total. The van der Waals surface area contributed by atoms with E-state index in [1.807, 2.05) is 39.8 Å². The van der Waals surface area contributed by atoms with E-state index in [0.29, 0.717) is 15.6 Å². The molecule has 1 aliphatic rings. The predicted molar refractivity (Wildman–Crippen MR) is 159 cm³/mol. The van der Waals surface area contributed by atoms with Crippen LogP contribution in [0.2, 0.25) is 5.02 Å². The zero-order chi connectivity index (χ0) is 30.3. The number of carbonyl (C=O) groups excluding carboxylic acids is 1. The summed E-state index contributed by atoms with van der Waals surface area (Å²) >= 11 is 7.88. The van der Waals surface area contributed by atoms with Gasteiger partial charge in [0.2, 0.25) is 0 Å². The molecule has 222 valence electrons. The first-order valence-corrected chi connectivity index (χ1v) is 14.6. The molecule has 2 aromatic heterocycles. The summed E-state index contributed by atoms with van der Waals surface area (Å²) in [7, 11) is 0. The van der Waals surface area contributed by atoms with Crippen LogP contribution in [0.15, 0.2) is 24.3 Å². The van der Waals surface area contributed by atoms with Crippen LogP contribution in [-0.2, 0) is 9.47 Å². The van der Waals surface area contributed by atoms with E-state index in [1.54, 1.807) is 34.6 Å². The number of benzene rings is 1. The number of aromatic nitrogens is 3. The third kappa shape index (κ3) is 7.25. The topological polar surface area (TPSA) is 98.7 Å². The van der Waals surface area contributed by atoms with Crippen LogP contribution in [0.4, 0.5) is 15.0 Å². The largest absolute Gasteiger partial charge is 0.488 e. The van der Waals surface area contributed by atoms with Gasteiger partial charge in [-0.3, -0.25) is 4.90 Å². The van der Waals surface area contributed by atoms with Crippen molar-refractivity contribution < 1.29 is 23.4 Å². The lowest BCUT2D eigenvalue weighted by molar-refractivity contribution is -0.0760. The number of nitrogens with one attached hydrogen (secondary N) is 1. The summed E-state index contributed by atoms with van der Waals surface area (Å²) in [6.45, 7) is 16.8. The number of aryl methyl sites for hydroxylation is 1. The molecule has 0 saturated carbocycles.